The molecule has 102 valence electrons. The first-order valence-electron chi connectivity index (χ1n) is 7.34. The highest BCUT2D eigenvalue weighted by atomic mass is 15.1. The SMILES string of the molecule is CCC1(C)CCN(CC(C#N)c2ccccc2)CC1. The second-order valence-electron chi connectivity index (χ2n) is 6.06. The molecule has 0 amide bonds. The number of rotatable bonds is 4. The van der Waals surface area contributed by atoms with E-state index in [2.05, 4.69) is 36.9 Å². The first-order chi connectivity index (χ1) is 9.17. The van der Waals surface area contributed by atoms with Gasteiger partial charge in [-0.05, 0) is 36.9 Å². The molecular formula is C17H24N2. The maximum atomic E-state index is 9.38. The lowest BCUT2D eigenvalue weighted by Gasteiger charge is -2.39. The molecule has 1 aliphatic heterocycles. The number of piperidine rings is 1. The quantitative estimate of drug-likeness (QED) is 0.819. The summed E-state index contributed by atoms with van der Waals surface area (Å²) in [5, 5.41) is 9.38. The summed E-state index contributed by atoms with van der Waals surface area (Å²) >= 11 is 0. The van der Waals surface area contributed by atoms with Crippen LogP contribution in [0.5, 0.6) is 0 Å². The van der Waals surface area contributed by atoms with Crippen molar-refractivity contribution in [1.29, 1.82) is 5.26 Å². The van der Waals surface area contributed by atoms with E-state index < -0.39 is 0 Å². The first-order valence-corrected chi connectivity index (χ1v) is 7.34. The molecule has 1 unspecified atom stereocenters. The third-order valence-corrected chi connectivity index (χ3v) is 4.72. The molecule has 1 aliphatic rings. The van der Waals surface area contributed by atoms with Gasteiger partial charge in [0.15, 0.2) is 0 Å². The summed E-state index contributed by atoms with van der Waals surface area (Å²) in [6.45, 7) is 7.83. The van der Waals surface area contributed by atoms with E-state index in [1.54, 1.807) is 0 Å². The molecule has 0 bridgehead atoms. The van der Waals surface area contributed by atoms with E-state index in [1.807, 2.05) is 18.2 Å². The molecule has 0 saturated carbocycles. The van der Waals surface area contributed by atoms with Crippen molar-refractivity contribution in [3.63, 3.8) is 0 Å². The normalized spacial score (nSPS) is 20.7. The predicted octanol–water partition coefficient (Wildman–Crippen LogP) is 3.81. The molecule has 0 aromatic heterocycles. The van der Waals surface area contributed by atoms with E-state index >= 15 is 0 Å². The van der Waals surface area contributed by atoms with Gasteiger partial charge in [0, 0.05) is 6.54 Å². The third kappa shape index (κ3) is 3.58. The molecule has 1 atom stereocenters. The Bertz CT molecular complexity index is 424. The second-order valence-corrected chi connectivity index (χ2v) is 6.06. The number of hydrogen-bond donors (Lipinski definition) is 0. The summed E-state index contributed by atoms with van der Waals surface area (Å²) in [4.78, 5) is 2.46. The van der Waals surface area contributed by atoms with Gasteiger partial charge in [0.1, 0.15) is 0 Å². The molecule has 1 aromatic rings. The highest BCUT2D eigenvalue weighted by Gasteiger charge is 2.29. The molecule has 1 fully saturated rings. The molecule has 0 aliphatic carbocycles. The Morgan fingerprint density at radius 3 is 2.42 bits per heavy atom. The van der Waals surface area contributed by atoms with E-state index in [-0.39, 0.29) is 5.92 Å². The fourth-order valence-corrected chi connectivity index (χ4v) is 2.79. The largest absolute Gasteiger partial charge is 0.302 e. The Morgan fingerprint density at radius 1 is 1.26 bits per heavy atom. The smallest absolute Gasteiger partial charge is 0.0839 e. The third-order valence-electron chi connectivity index (χ3n) is 4.72. The van der Waals surface area contributed by atoms with Crippen LogP contribution in [0, 0.1) is 16.7 Å². The Morgan fingerprint density at radius 2 is 1.89 bits per heavy atom. The van der Waals surface area contributed by atoms with E-state index in [0.29, 0.717) is 5.41 Å². The van der Waals surface area contributed by atoms with Gasteiger partial charge in [-0.15, -0.1) is 0 Å². The monoisotopic (exact) mass is 256 g/mol. The van der Waals surface area contributed by atoms with E-state index in [1.165, 1.54) is 19.3 Å². The molecule has 1 aromatic carbocycles. The molecule has 0 radical (unpaired) electrons. The van der Waals surface area contributed by atoms with Gasteiger partial charge in [0.2, 0.25) is 0 Å². The van der Waals surface area contributed by atoms with Crippen LogP contribution in [0.15, 0.2) is 30.3 Å². The summed E-state index contributed by atoms with van der Waals surface area (Å²) in [5.74, 6) is 0.00665. The molecule has 0 spiro atoms. The van der Waals surface area contributed by atoms with Gasteiger partial charge in [-0.2, -0.15) is 5.26 Å². The minimum atomic E-state index is 0.00665. The minimum Gasteiger partial charge on any atom is -0.302 e. The molecule has 19 heavy (non-hydrogen) atoms. The van der Waals surface area contributed by atoms with Crippen LogP contribution in [-0.4, -0.2) is 24.5 Å². The summed E-state index contributed by atoms with van der Waals surface area (Å²) in [5.41, 5.74) is 1.67. The van der Waals surface area contributed by atoms with Gasteiger partial charge < -0.3 is 4.90 Å². The van der Waals surface area contributed by atoms with Crippen LogP contribution in [0.3, 0.4) is 0 Å². The van der Waals surface area contributed by atoms with Crippen molar-refractivity contribution in [2.75, 3.05) is 19.6 Å². The summed E-state index contributed by atoms with van der Waals surface area (Å²) < 4.78 is 0. The average Bonchev–Trinajstić information content (AvgIpc) is 2.48. The minimum absolute atomic E-state index is 0.00665. The zero-order valence-corrected chi connectivity index (χ0v) is 12.1. The molecule has 2 nitrogen and oxygen atoms in total. The number of hydrogen-bond acceptors (Lipinski definition) is 2. The van der Waals surface area contributed by atoms with E-state index in [0.717, 1.165) is 25.2 Å². The molecule has 1 heterocycles. The van der Waals surface area contributed by atoms with Gasteiger partial charge in [0.05, 0.1) is 12.0 Å². The molecule has 2 rings (SSSR count). The zero-order chi connectivity index (χ0) is 13.7. The highest BCUT2D eigenvalue weighted by Crippen LogP contribution is 2.34. The molecule has 0 N–H and O–H groups in total. The van der Waals surface area contributed by atoms with Crippen LogP contribution in [0.2, 0.25) is 0 Å². The summed E-state index contributed by atoms with van der Waals surface area (Å²) in [6, 6.07) is 12.6. The van der Waals surface area contributed by atoms with Gasteiger partial charge in [-0.3, -0.25) is 0 Å². The lowest BCUT2D eigenvalue weighted by Crippen LogP contribution is -2.40. The topological polar surface area (TPSA) is 27.0 Å². The fourth-order valence-electron chi connectivity index (χ4n) is 2.79. The van der Waals surface area contributed by atoms with Crippen molar-refractivity contribution < 1.29 is 0 Å². The van der Waals surface area contributed by atoms with Crippen molar-refractivity contribution in [3.05, 3.63) is 35.9 Å². The van der Waals surface area contributed by atoms with Gasteiger partial charge in [-0.25, -0.2) is 0 Å². The standard InChI is InChI=1S/C17H24N2/c1-3-17(2)9-11-19(12-10-17)14-16(13-18)15-7-5-4-6-8-15/h4-8,16H,3,9-12,14H2,1-2H3. The first kappa shape index (κ1) is 14.1. The van der Waals surface area contributed by atoms with Crippen molar-refractivity contribution >= 4 is 0 Å². The lowest BCUT2D eigenvalue weighted by molar-refractivity contribution is 0.113. The zero-order valence-electron chi connectivity index (χ0n) is 12.1. The molecule has 2 heteroatoms. The Balaban J connectivity index is 1.93. The van der Waals surface area contributed by atoms with Crippen LogP contribution in [0.1, 0.15) is 44.6 Å². The van der Waals surface area contributed by atoms with Crippen molar-refractivity contribution in [1.82, 2.24) is 4.90 Å². The molecular weight excluding hydrogens is 232 g/mol. The van der Waals surface area contributed by atoms with Crippen LogP contribution in [0.25, 0.3) is 0 Å². The van der Waals surface area contributed by atoms with Gasteiger partial charge >= 0.3 is 0 Å². The van der Waals surface area contributed by atoms with Gasteiger partial charge in [-0.1, -0.05) is 50.6 Å². The highest BCUT2D eigenvalue weighted by molar-refractivity contribution is 5.25. The van der Waals surface area contributed by atoms with Crippen molar-refractivity contribution in [2.24, 2.45) is 5.41 Å². The lowest BCUT2D eigenvalue weighted by atomic mass is 9.78. The second kappa shape index (κ2) is 6.21. The van der Waals surface area contributed by atoms with Crippen LogP contribution < -0.4 is 0 Å². The Hall–Kier alpha value is -1.33. The van der Waals surface area contributed by atoms with Crippen LogP contribution >= 0.6 is 0 Å². The number of nitrogens with zero attached hydrogens (tertiary/aromatic N) is 2. The van der Waals surface area contributed by atoms with Gasteiger partial charge in [0.25, 0.3) is 0 Å². The maximum absolute atomic E-state index is 9.38. The average molecular weight is 256 g/mol. The Kier molecular flexibility index (Phi) is 4.61. The Labute approximate surface area is 117 Å². The number of benzene rings is 1. The maximum Gasteiger partial charge on any atom is 0.0839 e. The van der Waals surface area contributed by atoms with Crippen molar-refractivity contribution in [2.45, 2.75) is 39.0 Å². The summed E-state index contributed by atoms with van der Waals surface area (Å²) in [7, 11) is 0. The van der Waals surface area contributed by atoms with Crippen LogP contribution in [0.4, 0.5) is 0 Å². The van der Waals surface area contributed by atoms with Crippen molar-refractivity contribution in [3.8, 4) is 6.07 Å². The van der Waals surface area contributed by atoms with E-state index in [4.69, 9.17) is 0 Å². The van der Waals surface area contributed by atoms with E-state index in [9.17, 15) is 5.26 Å². The fraction of sp³-hybridized carbons (Fsp3) is 0.588. The number of likely N-dealkylation sites (tertiary alicyclic amines) is 1. The number of nitriles is 1. The van der Waals surface area contributed by atoms with Crippen LogP contribution in [-0.2, 0) is 0 Å². The summed E-state index contributed by atoms with van der Waals surface area (Å²) in [6.07, 6.45) is 3.79. The predicted molar refractivity (Wildman–Crippen MR) is 78.9 cm³/mol. The molecule has 1 saturated heterocycles.